The van der Waals surface area contributed by atoms with Crippen LogP contribution in [0.15, 0.2) is 0 Å². The van der Waals surface area contributed by atoms with E-state index >= 15 is 0 Å². The second kappa shape index (κ2) is 6.44. The largest absolute Gasteiger partial charge is 0.315 e. The van der Waals surface area contributed by atoms with Gasteiger partial charge in [0.25, 0.3) is 0 Å². The highest BCUT2D eigenvalue weighted by molar-refractivity contribution is 4.75. The molecule has 1 unspecified atom stereocenters. The molecule has 2 heteroatoms. The van der Waals surface area contributed by atoms with Gasteiger partial charge in [-0.25, -0.2) is 0 Å². The predicted octanol–water partition coefficient (Wildman–Crippen LogP) is 1.57. The Kier molecular flexibility index (Phi) is 6.39. The molecule has 0 bridgehead atoms. The minimum Gasteiger partial charge on any atom is -0.315 e. The minimum absolute atomic E-state index is 0.648. The van der Waals surface area contributed by atoms with Crippen molar-refractivity contribution < 1.29 is 0 Å². The summed E-state index contributed by atoms with van der Waals surface area (Å²) >= 11 is 0. The zero-order chi connectivity index (χ0) is 9.56. The van der Waals surface area contributed by atoms with Crippen LogP contribution in [0.25, 0.3) is 0 Å². The van der Waals surface area contributed by atoms with Gasteiger partial charge >= 0.3 is 0 Å². The molecule has 0 heterocycles. The Balaban J connectivity index is 3.92. The summed E-state index contributed by atoms with van der Waals surface area (Å²) < 4.78 is 0. The molecule has 0 aromatic heterocycles. The van der Waals surface area contributed by atoms with Crippen molar-refractivity contribution in [3.05, 3.63) is 0 Å². The van der Waals surface area contributed by atoms with Gasteiger partial charge in [0, 0.05) is 12.6 Å². The smallest absolute Gasteiger partial charge is 0.0219 e. The van der Waals surface area contributed by atoms with Gasteiger partial charge in [0.2, 0.25) is 0 Å². The van der Waals surface area contributed by atoms with Gasteiger partial charge < -0.3 is 10.2 Å². The summed E-state index contributed by atoms with van der Waals surface area (Å²) in [5, 5.41) is 3.39. The monoisotopic (exact) mass is 172 g/mol. The molecule has 1 N–H and O–H groups in total. The zero-order valence-corrected chi connectivity index (χ0v) is 9.22. The van der Waals surface area contributed by atoms with Crippen molar-refractivity contribution in [2.45, 2.75) is 32.7 Å². The second-order valence-electron chi connectivity index (χ2n) is 3.73. The maximum absolute atomic E-state index is 3.39. The fourth-order valence-electron chi connectivity index (χ4n) is 1.73. The van der Waals surface area contributed by atoms with Crippen LogP contribution < -0.4 is 5.32 Å². The number of likely N-dealkylation sites (N-methyl/N-ethyl adjacent to an activating group) is 2. The summed E-state index contributed by atoms with van der Waals surface area (Å²) in [5.74, 6) is 0.817. The fourth-order valence-corrected chi connectivity index (χ4v) is 1.73. The van der Waals surface area contributed by atoms with Crippen molar-refractivity contribution >= 4 is 0 Å². The standard InChI is InChI=1S/C10H24N2/c1-6-9(7-2)10(11-3)8-12(4)5/h9-11H,6-8H2,1-5H3. The highest BCUT2D eigenvalue weighted by Gasteiger charge is 2.16. The third-order valence-corrected chi connectivity index (χ3v) is 2.55. The van der Waals surface area contributed by atoms with Crippen molar-refractivity contribution in [2.75, 3.05) is 27.7 Å². The lowest BCUT2D eigenvalue weighted by Gasteiger charge is -2.27. The lowest BCUT2D eigenvalue weighted by atomic mass is 9.94. The zero-order valence-electron chi connectivity index (χ0n) is 9.22. The van der Waals surface area contributed by atoms with Crippen LogP contribution in [0.1, 0.15) is 26.7 Å². The summed E-state index contributed by atoms with van der Waals surface area (Å²) in [6.45, 7) is 5.69. The van der Waals surface area contributed by atoms with Gasteiger partial charge in [-0.15, -0.1) is 0 Å². The molecule has 0 saturated carbocycles. The van der Waals surface area contributed by atoms with E-state index in [1.165, 1.54) is 12.8 Å². The van der Waals surface area contributed by atoms with E-state index in [9.17, 15) is 0 Å². The molecule has 1 atom stereocenters. The lowest BCUT2D eigenvalue weighted by molar-refractivity contribution is 0.268. The van der Waals surface area contributed by atoms with Gasteiger partial charge in [0.15, 0.2) is 0 Å². The first-order chi connectivity index (χ1) is 5.65. The molecule has 2 nitrogen and oxygen atoms in total. The number of rotatable bonds is 6. The predicted molar refractivity (Wildman–Crippen MR) is 55.5 cm³/mol. The van der Waals surface area contributed by atoms with Crippen LogP contribution in [-0.2, 0) is 0 Å². The molecule has 74 valence electrons. The van der Waals surface area contributed by atoms with Gasteiger partial charge in [-0.3, -0.25) is 0 Å². The molecule has 0 rings (SSSR count). The summed E-state index contributed by atoms with van der Waals surface area (Å²) in [4.78, 5) is 2.25. The first-order valence-electron chi connectivity index (χ1n) is 4.97. The Hall–Kier alpha value is -0.0800. The summed E-state index contributed by atoms with van der Waals surface area (Å²) in [5.41, 5.74) is 0. The molecule has 12 heavy (non-hydrogen) atoms. The van der Waals surface area contributed by atoms with Crippen LogP contribution in [0.5, 0.6) is 0 Å². The maximum atomic E-state index is 3.39. The van der Waals surface area contributed by atoms with Crippen LogP contribution in [0.2, 0.25) is 0 Å². The van der Waals surface area contributed by atoms with Crippen LogP contribution in [0, 0.1) is 5.92 Å². The molecule has 0 aliphatic rings. The van der Waals surface area contributed by atoms with Gasteiger partial charge in [0.05, 0.1) is 0 Å². The Bertz CT molecular complexity index is 98.0. The molecule has 0 saturated heterocycles. The normalized spacial score (nSPS) is 14.2. The number of hydrogen-bond donors (Lipinski definition) is 1. The number of nitrogens with zero attached hydrogens (tertiary/aromatic N) is 1. The SMILES string of the molecule is CCC(CC)C(CN(C)C)NC. The fraction of sp³-hybridized carbons (Fsp3) is 1.00. The molecule has 0 aromatic rings. The van der Waals surface area contributed by atoms with Crippen LogP contribution in [0.4, 0.5) is 0 Å². The van der Waals surface area contributed by atoms with E-state index < -0.39 is 0 Å². The van der Waals surface area contributed by atoms with Crippen molar-refractivity contribution in [3.63, 3.8) is 0 Å². The van der Waals surface area contributed by atoms with E-state index in [0.29, 0.717) is 6.04 Å². The van der Waals surface area contributed by atoms with Crippen LogP contribution in [0.3, 0.4) is 0 Å². The number of nitrogens with one attached hydrogen (secondary N) is 1. The van der Waals surface area contributed by atoms with E-state index in [-0.39, 0.29) is 0 Å². The van der Waals surface area contributed by atoms with Crippen LogP contribution >= 0.6 is 0 Å². The molecule has 0 amide bonds. The first-order valence-corrected chi connectivity index (χ1v) is 4.97. The molecule has 0 aliphatic carbocycles. The van der Waals surface area contributed by atoms with Gasteiger partial charge in [-0.1, -0.05) is 26.7 Å². The molecule has 0 radical (unpaired) electrons. The molecule has 0 aliphatic heterocycles. The summed E-state index contributed by atoms with van der Waals surface area (Å²) in [7, 11) is 6.33. The first kappa shape index (κ1) is 11.9. The molecule has 0 fully saturated rings. The van der Waals surface area contributed by atoms with Crippen LogP contribution in [-0.4, -0.2) is 38.6 Å². The maximum Gasteiger partial charge on any atom is 0.0219 e. The highest BCUT2D eigenvalue weighted by Crippen LogP contribution is 2.13. The third kappa shape index (κ3) is 4.07. The van der Waals surface area contributed by atoms with E-state index in [0.717, 1.165) is 12.5 Å². The van der Waals surface area contributed by atoms with Gasteiger partial charge in [-0.05, 0) is 27.1 Å². The Labute approximate surface area is 77.3 Å². The van der Waals surface area contributed by atoms with E-state index in [1.54, 1.807) is 0 Å². The van der Waals surface area contributed by atoms with E-state index in [2.05, 4.69) is 45.2 Å². The quantitative estimate of drug-likeness (QED) is 0.654. The van der Waals surface area contributed by atoms with Crippen molar-refractivity contribution in [1.29, 1.82) is 0 Å². The topological polar surface area (TPSA) is 15.3 Å². The average molecular weight is 172 g/mol. The molecule has 0 spiro atoms. The highest BCUT2D eigenvalue weighted by atomic mass is 15.1. The minimum atomic E-state index is 0.648. The lowest BCUT2D eigenvalue weighted by Crippen LogP contribution is -2.41. The Morgan fingerprint density at radius 3 is 1.92 bits per heavy atom. The summed E-state index contributed by atoms with van der Waals surface area (Å²) in [6.07, 6.45) is 2.55. The Morgan fingerprint density at radius 1 is 1.17 bits per heavy atom. The second-order valence-corrected chi connectivity index (χ2v) is 3.73. The van der Waals surface area contributed by atoms with E-state index in [1.807, 2.05) is 0 Å². The molecule has 0 aromatic carbocycles. The van der Waals surface area contributed by atoms with Crippen molar-refractivity contribution in [1.82, 2.24) is 10.2 Å². The van der Waals surface area contributed by atoms with Gasteiger partial charge in [-0.2, -0.15) is 0 Å². The third-order valence-electron chi connectivity index (χ3n) is 2.55. The Morgan fingerprint density at radius 2 is 1.67 bits per heavy atom. The molecular formula is C10H24N2. The van der Waals surface area contributed by atoms with E-state index in [4.69, 9.17) is 0 Å². The average Bonchev–Trinajstić information content (AvgIpc) is 2.04. The molecular weight excluding hydrogens is 148 g/mol. The van der Waals surface area contributed by atoms with Gasteiger partial charge in [0.1, 0.15) is 0 Å². The van der Waals surface area contributed by atoms with Crippen molar-refractivity contribution in [2.24, 2.45) is 5.92 Å². The summed E-state index contributed by atoms with van der Waals surface area (Å²) in [6, 6.07) is 0.648. The van der Waals surface area contributed by atoms with Crippen molar-refractivity contribution in [3.8, 4) is 0 Å². The number of hydrogen-bond acceptors (Lipinski definition) is 2.